The molecule has 1 aliphatic carbocycles. The molecule has 0 saturated heterocycles. The van der Waals surface area contributed by atoms with Crippen LogP contribution in [0.25, 0.3) is 22.6 Å². The molecule has 2 N–H and O–H groups in total. The van der Waals surface area contributed by atoms with E-state index in [0.29, 0.717) is 23.4 Å². The van der Waals surface area contributed by atoms with E-state index in [0.717, 1.165) is 62.1 Å². The van der Waals surface area contributed by atoms with Crippen molar-refractivity contribution < 1.29 is 27.2 Å². The van der Waals surface area contributed by atoms with E-state index >= 15 is 0 Å². The molecule has 40 heavy (non-hydrogen) atoms. The van der Waals surface area contributed by atoms with E-state index in [2.05, 4.69) is 40.3 Å². The molecule has 1 aromatic heterocycles. The Kier molecular flexibility index (Phi) is 7.90. The van der Waals surface area contributed by atoms with Crippen LogP contribution in [0, 0.1) is 13.8 Å². The molecule has 206 valence electrons. The number of hydrogen-bond acceptors (Lipinski definition) is 6. The number of nitrogens with one attached hydrogen (secondary N) is 2. The second kappa shape index (κ2) is 11.4. The van der Waals surface area contributed by atoms with Crippen molar-refractivity contribution in [3.05, 3.63) is 86.9 Å². The van der Waals surface area contributed by atoms with E-state index < -0.39 is 6.36 Å². The molecule has 1 heterocycles. The number of alkyl halides is 3. The number of anilines is 1. The number of carbonyl (C=O) groups excluding carboxylic acids is 1. The van der Waals surface area contributed by atoms with Crippen LogP contribution >= 0.6 is 28.1 Å². The van der Waals surface area contributed by atoms with Gasteiger partial charge in [0.2, 0.25) is 0 Å². The zero-order valence-corrected chi connectivity index (χ0v) is 23.6. The Balaban J connectivity index is 1.22. The molecule has 0 bridgehead atoms. The van der Waals surface area contributed by atoms with E-state index in [9.17, 15) is 18.0 Å². The van der Waals surface area contributed by atoms with E-state index in [1.807, 2.05) is 44.2 Å². The quantitative estimate of drug-likeness (QED) is 0.166. The first-order valence-electron chi connectivity index (χ1n) is 12.1. The molecule has 0 atom stereocenters. The van der Waals surface area contributed by atoms with Crippen molar-refractivity contribution in [2.24, 2.45) is 4.40 Å². The van der Waals surface area contributed by atoms with E-state index in [1.54, 1.807) is 6.21 Å². The Bertz CT molecular complexity index is 1580. The Labute approximate surface area is 240 Å². The molecule has 0 saturated carbocycles. The number of halogens is 4. The van der Waals surface area contributed by atoms with Gasteiger partial charge in [-0.25, -0.2) is 9.19 Å². The number of aryl methyl sites for hydroxylation is 3. The summed E-state index contributed by atoms with van der Waals surface area (Å²) in [4.78, 5) is 12.3. The molecule has 4 aromatic rings. The standard InChI is InChI=1S/C28H22BrF3N4O3S/c1-15-11-20(29)12-16(2)24(15)34-27(37)36-40-33-14-17-3-9-22-19(13-17)6-10-23-25(22)35-39-26(23)18-4-7-21(8-5-18)38-28(30,31)32/h3-5,7-9,11-14H,6,10H2,1-2H3,(H2,34,36,37). The van der Waals surface area contributed by atoms with Crippen LogP contribution in [0.5, 0.6) is 5.75 Å². The summed E-state index contributed by atoms with van der Waals surface area (Å²) >= 11 is 4.37. The van der Waals surface area contributed by atoms with Gasteiger partial charge in [-0.1, -0.05) is 33.2 Å². The summed E-state index contributed by atoms with van der Waals surface area (Å²) in [6.45, 7) is 3.85. The van der Waals surface area contributed by atoms with Gasteiger partial charge >= 0.3 is 12.4 Å². The zero-order valence-electron chi connectivity index (χ0n) is 21.2. The van der Waals surface area contributed by atoms with Gasteiger partial charge in [-0.2, -0.15) is 0 Å². The van der Waals surface area contributed by atoms with Crippen molar-refractivity contribution >= 4 is 46.0 Å². The molecule has 0 aliphatic heterocycles. The van der Waals surface area contributed by atoms with Crippen LogP contribution in [-0.4, -0.2) is 23.8 Å². The van der Waals surface area contributed by atoms with Crippen LogP contribution < -0.4 is 14.8 Å². The highest BCUT2D eigenvalue weighted by atomic mass is 79.9. The van der Waals surface area contributed by atoms with Gasteiger partial charge in [-0.3, -0.25) is 4.72 Å². The van der Waals surface area contributed by atoms with Crippen LogP contribution in [0.15, 0.2) is 68.0 Å². The molecular formula is C28H22BrF3N4O3S. The summed E-state index contributed by atoms with van der Waals surface area (Å²) < 4.78 is 54.8. The summed E-state index contributed by atoms with van der Waals surface area (Å²) in [6.07, 6.45) is -1.69. The van der Waals surface area contributed by atoms with Gasteiger partial charge in [0.05, 0.1) is 12.1 Å². The molecule has 7 nitrogen and oxygen atoms in total. The minimum atomic E-state index is -4.75. The minimum absolute atomic E-state index is 0.298. The van der Waals surface area contributed by atoms with Crippen molar-refractivity contribution in [1.29, 1.82) is 0 Å². The molecule has 0 fully saturated rings. The number of nitrogens with zero attached hydrogens (tertiary/aromatic N) is 2. The Morgan fingerprint density at radius 2 is 1.82 bits per heavy atom. The largest absolute Gasteiger partial charge is 0.573 e. The Morgan fingerprint density at radius 3 is 2.52 bits per heavy atom. The maximum atomic E-state index is 12.5. The maximum absolute atomic E-state index is 12.5. The average molecular weight is 631 g/mol. The van der Waals surface area contributed by atoms with Crippen LogP contribution in [0.1, 0.15) is 27.8 Å². The summed E-state index contributed by atoms with van der Waals surface area (Å²) in [5.41, 5.74) is 7.73. The highest BCUT2D eigenvalue weighted by molar-refractivity contribution is 9.10. The summed E-state index contributed by atoms with van der Waals surface area (Å²) in [7, 11) is 0. The van der Waals surface area contributed by atoms with Crippen LogP contribution in [0.4, 0.5) is 23.7 Å². The predicted octanol–water partition coefficient (Wildman–Crippen LogP) is 8.19. The average Bonchev–Trinajstić information content (AvgIpc) is 3.33. The minimum Gasteiger partial charge on any atom is -0.406 e. The number of hydrogen-bond donors (Lipinski definition) is 2. The second-order valence-corrected chi connectivity index (χ2v) is 10.6. The topological polar surface area (TPSA) is 88.8 Å². The second-order valence-electron chi connectivity index (χ2n) is 9.12. The maximum Gasteiger partial charge on any atom is 0.573 e. The molecule has 0 unspecified atom stereocenters. The van der Waals surface area contributed by atoms with Crippen LogP contribution in [-0.2, 0) is 12.8 Å². The first kappa shape index (κ1) is 27.8. The normalized spacial score (nSPS) is 12.7. The lowest BCUT2D eigenvalue weighted by atomic mass is 9.87. The van der Waals surface area contributed by atoms with Crippen molar-refractivity contribution in [1.82, 2.24) is 9.88 Å². The van der Waals surface area contributed by atoms with Gasteiger partial charge < -0.3 is 14.6 Å². The monoisotopic (exact) mass is 630 g/mol. The number of ether oxygens (including phenoxy) is 1. The molecule has 2 amide bonds. The number of rotatable bonds is 6. The summed E-state index contributed by atoms with van der Waals surface area (Å²) in [5, 5.41) is 7.10. The Morgan fingerprint density at radius 1 is 1.10 bits per heavy atom. The van der Waals surface area contributed by atoms with E-state index in [4.69, 9.17) is 4.52 Å². The van der Waals surface area contributed by atoms with E-state index in [1.165, 1.54) is 24.3 Å². The van der Waals surface area contributed by atoms with Crippen LogP contribution in [0.3, 0.4) is 0 Å². The molecule has 12 heteroatoms. The molecule has 3 aromatic carbocycles. The lowest BCUT2D eigenvalue weighted by molar-refractivity contribution is -0.274. The third-order valence-corrected chi connectivity index (χ3v) is 7.24. The van der Waals surface area contributed by atoms with Gasteiger partial charge in [-0.15, -0.1) is 13.2 Å². The third-order valence-electron chi connectivity index (χ3n) is 6.30. The predicted molar refractivity (Wildman–Crippen MR) is 152 cm³/mol. The number of urea groups is 1. The van der Waals surface area contributed by atoms with Gasteiger partial charge in [0.1, 0.15) is 11.4 Å². The third kappa shape index (κ3) is 6.34. The highest BCUT2D eigenvalue weighted by Crippen LogP contribution is 2.39. The van der Waals surface area contributed by atoms with E-state index in [-0.39, 0.29) is 11.8 Å². The number of aromatic nitrogens is 1. The summed E-state index contributed by atoms with van der Waals surface area (Å²) in [6, 6.07) is 14.9. The smallest absolute Gasteiger partial charge is 0.406 e. The number of benzene rings is 3. The Hall–Kier alpha value is -3.77. The lowest BCUT2D eigenvalue weighted by Crippen LogP contribution is -2.23. The number of fused-ring (bicyclic) bond motifs is 3. The SMILES string of the molecule is Cc1cc(Br)cc(C)c1NC(=O)NSN=Cc1ccc2c(c1)CCc1c-2noc1-c1ccc(OC(F)(F)F)cc1. The number of carbonyl (C=O) groups is 1. The molecule has 0 radical (unpaired) electrons. The molecular weight excluding hydrogens is 609 g/mol. The summed E-state index contributed by atoms with van der Waals surface area (Å²) in [5.74, 6) is 0.229. The fraction of sp³-hybridized carbons (Fsp3) is 0.179. The first-order valence-corrected chi connectivity index (χ1v) is 13.6. The van der Waals surface area contributed by atoms with Crippen molar-refractivity contribution in [2.45, 2.75) is 33.1 Å². The lowest BCUT2D eigenvalue weighted by Gasteiger charge is -2.16. The van der Waals surface area contributed by atoms with Crippen molar-refractivity contribution in [3.8, 4) is 28.3 Å². The molecule has 1 aliphatic rings. The number of amides is 2. The fourth-order valence-electron chi connectivity index (χ4n) is 4.58. The van der Waals surface area contributed by atoms with Gasteiger partial charge in [0, 0.05) is 33.1 Å². The van der Waals surface area contributed by atoms with Gasteiger partial charge in [-0.05, 0) is 91.4 Å². The van der Waals surface area contributed by atoms with Gasteiger partial charge in [0.25, 0.3) is 0 Å². The zero-order chi connectivity index (χ0) is 28.4. The molecule has 5 rings (SSSR count). The first-order chi connectivity index (χ1) is 19.1. The van der Waals surface area contributed by atoms with Crippen LogP contribution in [0.2, 0.25) is 0 Å². The van der Waals surface area contributed by atoms with Gasteiger partial charge in [0.15, 0.2) is 5.76 Å². The highest BCUT2D eigenvalue weighted by Gasteiger charge is 2.31. The van der Waals surface area contributed by atoms with Crippen molar-refractivity contribution in [3.63, 3.8) is 0 Å². The molecule has 0 spiro atoms. The fourth-order valence-corrected chi connectivity index (χ4v) is 5.63. The van der Waals surface area contributed by atoms with Crippen molar-refractivity contribution in [2.75, 3.05) is 5.32 Å².